The van der Waals surface area contributed by atoms with Crippen molar-refractivity contribution in [3.05, 3.63) is 187 Å². The molecule has 69 heavy (non-hydrogen) atoms. The average molecular weight is 1050 g/mol. The van der Waals surface area contributed by atoms with Crippen LogP contribution in [0.2, 0.25) is 0 Å². The molecule has 8 nitrogen and oxygen atoms in total. The first-order chi connectivity index (χ1) is 31.8. The van der Waals surface area contributed by atoms with Crippen LogP contribution in [0.4, 0.5) is 111 Å². The number of carboxylic acids is 2. The van der Waals surface area contributed by atoms with Crippen LogP contribution in [0.5, 0.6) is 0 Å². The molecule has 6 rings (SSSR count). The Kier molecular flexibility index (Phi) is 16.5. The molecule has 0 bridgehead atoms. The second kappa shape index (κ2) is 21.1. The van der Waals surface area contributed by atoms with Crippen LogP contribution in [0.3, 0.4) is 0 Å². The topological polar surface area (TPSA) is 129 Å². The maximum atomic E-state index is 14.1. The van der Waals surface area contributed by atoms with E-state index in [1.807, 2.05) is 0 Å². The molecule has 0 atom stereocenters. The van der Waals surface area contributed by atoms with Crippen molar-refractivity contribution < 1.29 is 124 Å². The van der Waals surface area contributed by atoms with Crippen molar-refractivity contribution in [1.82, 2.24) is 0 Å². The van der Waals surface area contributed by atoms with Gasteiger partial charge in [0.15, 0.2) is 93.1 Å². The Balaban J connectivity index is 0.000000296. The Morgan fingerprint density at radius 1 is 0.319 bits per heavy atom. The molecule has 6 aromatic carbocycles. The average Bonchev–Trinajstić information content (AvgIpc) is 3.33. The molecule has 0 aliphatic carbocycles. The zero-order valence-electron chi connectivity index (χ0n) is 32.0. The number of amidine groups is 2. The molecule has 2 N–H and O–H groups in total. The number of aliphatic imine (C=N–C) groups is 2. The number of anilines is 2. The maximum absolute atomic E-state index is 14.1. The van der Waals surface area contributed by atoms with Crippen molar-refractivity contribution >= 4 is 46.4 Å². The predicted molar refractivity (Wildman–Crippen MR) is 186 cm³/mol. The van der Waals surface area contributed by atoms with Gasteiger partial charge < -0.3 is 30.4 Å². The number of rotatable bonds is 8. The monoisotopic (exact) mass is 1050 g/mol. The minimum absolute atomic E-state index is 0. The van der Waals surface area contributed by atoms with Gasteiger partial charge in [0.25, 0.3) is 0 Å². The zero-order chi connectivity index (χ0) is 51.0. The molecule has 0 fully saturated rings. The third-order valence-electron chi connectivity index (χ3n) is 8.53. The van der Waals surface area contributed by atoms with Gasteiger partial charge in [-0.1, -0.05) is 48.5 Å². The molecule has 0 saturated carbocycles. The first-order valence-corrected chi connectivity index (χ1v) is 17.1. The number of benzene rings is 6. The van der Waals surface area contributed by atoms with E-state index in [1.165, 1.54) is 10.6 Å². The summed E-state index contributed by atoms with van der Waals surface area (Å²) in [4.78, 5) is 28.8. The van der Waals surface area contributed by atoms with E-state index in [0.717, 1.165) is 48.5 Å². The van der Waals surface area contributed by atoms with Crippen molar-refractivity contribution in [2.75, 3.05) is 10.6 Å². The number of nitrogens with zero attached hydrogens (tertiary/aromatic N) is 2. The van der Waals surface area contributed by atoms with Crippen molar-refractivity contribution in [3.63, 3.8) is 0 Å². The molecule has 0 saturated heterocycles. The van der Waals surface area contributed by atoms with E-state index in [1.54, 1.807) is 0 Å². The molecule has 0 aromatic heterocycles. The summed E-state index contributed by atoms with van der Waals surface area (Å²) in [6, 6.07) is 7.32. The van der Waals surface area contributed by atoms with Gasteiger partial charge in [0.2, 0.25) is 23.3 Å². The number of halogens is 20. The number of carboxylic acid groups (broad SMARTS) is 2. The van der Waals surface area contributed by atoms with Gasteiger partial charge in [-0.15, -0.1) is 0 Å². The van der Waals surface area contributed by atoms with E-state index in [2.05, 4.69) is 9.98 Å². The molecule has 0 unspecified atom stereocenters. The van der Waals surface area contributed by atoms with Crippen molar-refractivity contribution in [2.24, 2.45) is 9.98 Å². The SMILES string of the molecule is O=C([O-])c1ccccc1C(=Nc1c(F)c(F)c(F)c(F)c1F)Nc1c(F)c(F)c(F)c(F)c1F.O=C([O-])c1ccccc1C(=Nc1c(F)c(F)c(F)c(F)c1F)Nc1c(F)c(F)c(F)c(F)c1F.[Ni+2]. The van der Waals surface area contributed by atoms with Crippen LogP contribution < -0.4 is 20.8 Å². The summed E-state index contributed by atoms with van der Waals surface area (Å²) in [5.74, 6) is -57.1. The van der Waals surface area contributed by atoms with E-state index < -0.39 is 185 Å². The van der Waals surface area contributed by atoms with Gasteiger partial charge in [0.05, 0.1) is 11.9 Å². The number of hydrogen-bond donors (Lipinski definition) is 2. The number of carbonyl (C=O) groups is 2. The largest absolute Gasteiger partial charge is 2.00 e. The first-order valence-electron chi connectivity index (χ1n) is 17.1. The van der Waals surface area contributed by atoms with E-state index in [9.17, 15) is 108 Å². The smallest absolute Gasteiger partial charge is 0.545 e. The molecule has 0 spiro atoms. The number of aromatic carboxylic acids is 2. The second-order valence-electron chi connectivity index (χ2n) is 12.6. The van der Waals surface area contributed by atoms with Crippen molar-refractivity contribution in [2.45, 2.75) is 0 Å². The van der Waals surface area contributed by atoms with Gasteiger partial charge in [-0.2, -0.15) is 0 Å². The van der Waals surface area contributed by atoms with Gasteiger partial charge in [-0.25, -0.2) is 97.8 Å². The normalized spacial score (nSPS) is 11.5. The fourth-order valence-corrected chi connectivity index (χ4v) is 5.32. The minimum Gasteiger partial charge on any atom is -0.545 e. The van der Waals surface area contributed by atoms with Crippen LogP contribution in [0.25, 0.3) is 0 Å². The van der Waals surface area contributed by atoms with Crippen LogP contribution in [-0.4, -0.2) is 23.6 Å². The molecule has 29 heteroatoms. The minimum atomic E-state index is -2.58. The Morgan fingerprint density at radius 3 is 0.725 bits per heavy atom. The van der Waals surface area contributed by atoms with Crippen LogP contribution in [0, 0.1) is 116 Å². The fraction of sp³-hybridized carbons (Fsp3) is 0. The third kappa shape index (κ3) is 10.1. The van der Waals surface area contributed by atoms with Gasteiger partial charge in [-0.3, -0.25) is 0 Å². The zero-order valence-corrected chi connectivity index (χ0v) is 33.0. The third-order valence-corrected chi connectivity index (χ3v) is 8.53. The van der Waals surface area contributed by atoms with Crippen molar-refractivity contribution in [3.8, 4) is 0 Å². The molecule has 0 amide bonds. The molecule has 6 aromatic rings. The van der Waals surface area contributed by atoms with Crippen LogP contribution in [-0.2, 0) is 16.5 Å². The summed E-state index contributed by atoms with van der Waals surface area (Å²) >= 11 is 0. The van der Waals surface area contributed by atoms with Gasteiger partial charge in [0, 0.05) is 22.3 Å². The molecular formula is C40H10F20N4NiO4. The molecule has 0 heterocycles. The number of nitrogens with one attached hydrogen (secondary N) is 2. The van der Waals surface area contributed by atoms with Crippen LogP contribution in [0.15, 0.2) is 58.5 Å². The molecule has 364 valence electrons. The summed E-state index contributed by atoms with van der Waals surface area (Å²) in [6.07, 6.45) is 0. The number of carbonyl (C=O) groups excluding carboxylic acids is 2. The van der Waals surface area contributed by atoms with E-state index in [0.29, 0.717) is 0 Å². The fourth-order valence-electron chi connectivity index (χ4n) is 5.32. The molecule has 0 aliphatic rings. The Bertz CT molecular complexity index is 2850. The molecule has 0 radical (unpaired) electrons. The van der Waals surface area contributed by atoms with Gasteiger partial charge in [0.1, 0.15) is 34.4 Å². The Labute approximate surface area is 377 Å². The van der Waals surface area contributed by atoms with E-state index >= 15 is 0 Å². The summed E-state index contributed by atoms with van der Waals surface area (Å²) < 4.78 is 275. The van der Waals surface area contributed by atoms with E-state index in [4.69, 9.17) is 0 Å². The summed E-state index contributed by atoms with van der Waals surface area (Å²) in [5, 5.41) is 25.7. The van der Waals surface area contributed by atoms with Crippen LogP contribution in [0.1, 0.15) is 31.8 Å². The quantitative estimate of drug-likeness (QED) is 0.0391. The van der Waals surface area contributed by atoms with Gasteiger partial charge in [-0.05, 0) is 0 Å². The van der Waals surface area contributed by atoms with Crippen molar-refractivity contribution in [1.29, 1.82) is 0 Å². The molecular weight excluding hydrogens is 1040 g/mol. The first kappa shape index (κ1) is 53.9. The summed E-state index contributed by atoms with van der Waals surface area (Å²) in [7, 11) is 0. The van der Waals surface area contributed by atoms with Crippen LogP contribution >= 0.6 is 0 Å². The summed E-state index contributed by atoms with van der Waals surface area (Å²) in [6.45, 7) is 0. The Morgan fingerprint density at radius 2 is 0.507 bits per heavy atom. The standard InChI is InChI=1S/2C20H6F10N2O2.Ni/c2*21-7-9(23)13(27)17(14(28)10(7)24)31-19(5-3-1-2-4-6(5)20(33)34)32-18-15(29)11(25)8(22)12(26)16(18)30;/h2*1-4H,(H,31,32)(H,33,34);/q;;+2/p-2. The van der Waals surface area contributed by atoms with Gasteiger partial charge >= 0.3 is 16.5 Å². The van der Waals surface area contributed by atoms with E-state index in [-0.39, 0.29) is 16.5 Å². The number of hydrogen-bond acceptors (Lipinski definition) is 6. The maximum Gasteiger partial charge on any atom is 2.00 e. The molecule has 0 aliphatic heterocycles. The second-order valence-corrected chi connectivity index (χ2v) is 12.6. The predicted octanol–water partition coefficient (Wildman–Crippen LogP) is 9.26. The Hall–Kier alpha value is -7.71. The summed E-state index contributed by atoms with van der Waals surface area (Å²) in [5.41, 5.74) is -11.1.